The third-order valence-electron chi connectivity index (χ3n) is 4.63. The Bertz CT molecular complexity index is 1100. The van der Waals surface area contributed by atoms with Crippen molar-refractivity contribution in [3.05, 3.63) is 46.1 Å². The number of nitrogens with zero attached hydrogens (tertiary/aromatic N) is 5. The summed E-state index contributed by atoms with van der Waals surface area (Å²) in [5.41, 5.74) is 3.53. The van der Waals surface area contributed by atoms with Gasteiger partial charge >= 0.3 is 0 Å². The highest BCUT2D eigenvalue weighted by Gasteiger charge is 2.26. The molecule has 0 unspecified atom stereocenters. The molecule has 1 aliphatic carbocycles. The van der Waals surface area contributed by atoms with Crippen molar-refractivity contribution < 1.29 is 4.79 Å². The molecule has 0 saturated carbocycles. The Balaban J connectivity index is 1.58. The first-order valence-corrected chi connectivity index (χ1v) is 9.91. The van der Waals surface area contributed by atoms with E-state index in [9.17, 15) is 10.1 Å². The SMILES string of the molecule is CC(C)(C)n1nnc(CC(=O)Nc2sc3c(c2C#N)-c2ccccc2CC3)n1. The minimum atomic E-state index is -0.296. The molecule has 142 valence electrons. The highest BCUT2D eigenvalue weighted by atomic mass is 32.1. The van der Waals surface area contributed by atoms with Gasteiger partial charge in [0.1, 0.15) is 11.1 Å². The van der Waals surface area contributed by atoms with Crippen LogP contribution in [0.1, 0.15) is 42.6 Å². The molecular formula is C20H20N6OS. The number of aromatic nitrogens is 4. The van der Waals surface area contributed by atoms with Gasteiger partial charge in [0.15, 0.2) is 5.82 Å². The van der Waals surface area contributed by atoms with Gasteiger partial charge in [-0.1, -0.05) is 24.3 Å². The summed E-state index contributed by atoms with van der Waals surface area (Å²) in [7, 11) is 0. The molecule has 0 aliphatic heterocycles. The van der Waals surface area contributed by atoms with Gasteiger partial charge in [-0.05, 0) is 50.0 Å². The smallest absolute Gasteiger partial charge is 0.232 e. The molecule has 2 aromatic heterocycles. The van der Waals surface area contributed by atoms with Crippen LogP contribution in [-0.2, 0) is 29.6 Å². The van der Waals surface area contributed by atoms with Crippen LogP contribution < -0.4 is 5.32 Å². The van der Waals surface area contributed by atoms with Crippen LogP contribution in [0.3, 0.4) is 0 Å². The van der Waals surface area contributed by atoms with Crippen molar-refractivity contribution in [3.8, 4) is 17.2 Å². The van der Waals surface area contributed by atoms with Crippen molar-refractivity contribution in [1.82, 2.24) is 20.2 Å². The summed E-state index contributed by atoms with van der Waals surface area (Å²) in [6, 6.07) is 10.4. The largest absolute Gasteiger partial charge is 0.316 e. The zero-order chi connectivity index (χ0) is 19.9. The van der Waals surface area contributed by atoms with E-state index in [0.717, 1.165) is 28.8 Å². The van der Waals surface area contributed by atoms with E-state index in [1.54, 1.807) is 0 Å². The van der Waals surface area contributed by atoms with Crippen molar-refractivity contribution in [2.75, 3.05) is 5.32 Å². The van der Waals surface area contributed by atoms with E-state index >= 15 is 0 Å². The van der Waals surface area contributed by atoms with Crippen molar-refractivity contribution in [3.63, 3.8) is 0 Å². The Morgan fingerprint density at radius 3 is 2.82 bits per heavy atom. The highest BCUT2D eigenvalue weighted by molar-refractivity contribution is 7.17. The van der Waals surface area contributed by atoms with Crippen LogP contribution in [0.2, 0.25) is 0 Å². The second-order valence-electron chi connectivity index (χ2n) is 7.76. The van der Waals surface area contributed by atoms with Crippen molar-refractivity contribution >= 4 is 22.2 Å². The molecule has 7 nitrogen and oxygen atoms in total. The van der Waals surface area contributed by atoms with Gasteiger partial charge in [-0.2, -0.15) is 10.1 Å². The summed E-state index contributed by atoms with van der Waals surface area (Å²) in [5, 5.41) is 25.5. The van der Waals surface area contributed by atoms with E-state index in [0.29, 0.717) is 16.4 Å². The number of carbonyl (C=O) groups excluding carboxylic acids is 1. The number of tetrazole rings is 1. The number of carbonyl (C=O) groups is 1. The average Bonchev–Trinajstić information content (AvgIpc) is 3.25. The topological polar surface area (TPSA) is 96.5 Å². The maximum Gasteiger partial charge on any atom is 0.232 e. The molecule has 0 atom stereocenters. The Hall–Kier alpha value is -3.05. The van der Waals surface area contributed by atoms with Gasteiger partial charge in [0, 0.05) is 10.4 Å². The summed E-state index contributed by atoms with van der Waals surface area (Å²) in [6.45, 7) is 5.89. The molecule has 1 aromatic carbocycles. The molecular weight excluding hydrogens is 372 g/mol. The van der Waals surface area contributed by atoms with Crippen LogP contribution in [0.15, 0.2) is 24.3 Å². The number of rotatable bonds is 3. The van der Waals surface area contributed by atoms with E-state index in [4.69, 9.17) is 0 Å². The second kappa shape index (κ2) is 6.84. The van der Waals surface area contributed by atoms with Crippen molar-refractivity contribution in [2.24, 2.45) is 0 Å². The number of anilines is 1. The molecule has 0 radical (unpaired) electrons. The van der Waals surface area contributed by atoms with Crippen LogP contribution in [0.4, 0.5) is 5.00 Å². The number of thiophene rings is 1. The fraction of sp³-hybridized carbons (Fsp3) is 0.350. The third kappa shape index (κ3) is 3.29. The lowest BCUT2D eigenvalue weighted by molar-refractivity contribution is -0.115. The van der Waals surface area contributed by atoms with Gasteiger partial charge in [-0.3, -0.25) is 4.79 Å². The number of fused-ring (bicyclic) bond motifs is 3. The predicted octanol–water partition coefficient (Wildman–Crippen LogP) is 3.31. The Morgan fingerprint density at radius 2 is 2.11 bits per heavy atom. The molecule has 4 rings (SSSR count). The fourth-order valence-corrected chi connectivity index (χ4v) is 4.46. The lowest BCUT2D eigenvalue weighted by Crippen LogP contribution is -2.25. The Kier molecular flexibility index (Phi) is 4.47. The number of nitrogens with one attached hydrogen (secondary N) is 1. The Morgan fingerprint density at radius 1 is 1.32 bits per heavy atom. The molecule has 0 bridgehead atoms. The first-order valence-electron chi connectivity index (χ1n) is 9.10. The third-order valence-corrected chi connectivity index (χ3v) is 5.79. The monoisotopic (exact) mass is 392 g/mol. The zero-order valence-corrected chi connectivity index (χ0v) is 16.8. The van der Waals surface area contributed by atoms with Gasteiger partial charge in [0.2, 0.25) is 5.91 Å². The molecule has 0 fully saturated rings. The standard InChI is InChI=1S/C20H20N6OS/c1-20(2,3)26-24-16(23-25-26)10-17(27)22-19-14(11-21)18-13-7-5-4-6-12(13)8-9-15(18)28-19/h4-7H,8-10H2,1-3H3,(H,22,27). The summed E-state index contributed by atoms with van der Waals surface area (Å²) in [4.78, 5) is 15.2. The quantitative estimate of drug-likeness (QED) is 0.738. The van der Waals surface area contributed by atoms with E-state index in [1.807, 2.05) is 39.0 Å². The maximum absolute atomic E-state index is 12.5. The first-order chi connectivity index (χ1) is 13.4. The molecule has 1 aliphatic rings. The minimum Gasteiger partial charge on any atom is -0.316 e. The summed E-state index contributed by atoms with van der Waals surface area (Å²) >= 11 is 1.48. The average molecular weight is 392 g/mol. The van der Waals surface area contributed by atoms with Crippen molar-refractivity contribution in [2.45, 2.75) is 45.6 Å². The summed E-state index contributed by atoms with van der Waals surface area (Å²) in [6.07, 6.45) is 1.84. The minimum absolute atomic E-state index is 0.0140. The maximum atomic E-state index is 12.5. The van der Waals surface area contributed by atoms with Crippen LogP contribution in [0.5, 0.6) is 0 Å². The zero-order valence-electron chi connectivity index (χ0n) is 16.0. The summed E-state index contributed by atoms with van der Waals surface area (Å²) < 4.78 is 0. The van der Waals surface area contributed by atoms with Gasteiger partial charge in [0.25, 0.3) is 0 Å². The van der Waals surface area contributed by atoms with Gasteiger partial charge in [-0.25, -0.2) is 0 Å². The van der Waals surface area contributed by atoms with Gasteiger partial charge in [-0.15, -0.1) is 21.5 Å². The number of nitriles is 1. The first kappa shape index (κ1) is 18.3. The molecule has 0 saturated heterocycles. The molecule has 3 aromatic rings. The van der Waals surface area contributed by atoms with Gasteiger partial charge < -0.3 is 5.32 Å². The normalized spacial score (nSPS) is 12.8. The van der Waals surface area contributed by atoms with Crippen LogP contribution in [-0.4, -0.2) is 26.1 Å². The number of hydrogen-bond donors (Lipinski definition) is 1. The fourth-order valence-electron chi connectivity index (χ4n) is 3.28. The van der Waals surface area contributed by atoms with E-state index in [2.05, 4.69) is 32.9 Å². The van der Waals surface area contributed by atoms with E-state index < -0.39 is 0 Å². The molecule has 1 N–H and O–H groups in total. The van der Waals surface area contributed by atoms with E-state index in [1.165, 1.54) is 21.7 Å². The molecule has 2 heterocycles. The molecule has 28 heavy (non-hydrogen) atoms. The Labute approximate surface area is 167 Å². The number of hydrogen-bond acceptors (Lipinski definition) is 6. The molecule has 8 heteroatoms. The lowest BCUT2D eigenvalue weighted by atomic mass is 9.88. The number of amides is 1. The number of benzene rings is 1. The van der Waals surface area contributed by atoms with Crippen LogP contribution in [0, 0.1) is 11.3 Å². The predicted molar refractivity (Wildman–Crippen MR) is 107 cm³/mol. The van der Waals surface area contributed by atoms with Crippen LogP contribution >= 0.6 is 11.3 Å². The van der Waals surface area contributed by atoms with Crippen molar-refractivity contribution in [1.29, 1.82) is 5.26 Å². The molecule has 0 spiro atoms. The number of aryl methyl sites for hydroxylation is 2. The highest BCUT2D eigenvalue weighted by Crippen LogP contribution is 2.44. The lowest BCUT2D eigenvalue weighted by Gasteiger charge is -2.16. The summed E-state index contributed by atoms with van der Waals surface area (Å²) in [5.74, 6) is 0.106. The molecule has 1 amide bonds. The second-order valence-corrected chi connectivity index (χ2v) is 8.87. The van der Waals surface area contributed by atoms with E-state index in [-0.39, 0.29) is 17.9 Å². The van der Waals surface area contributed by atoms with Crippen LogP contribution in [0.25, 0.3) is 11.1 Å². The van der Waals surface area contributed by atoms with Gasteiger partial charge in [0.05, 0.1) is 17.5 Å².